The number of rotatable bonds is 6. The quantitative estimate of drug-likeness (QED) is 0.817. The van der Waals surface area contributed by atoms with Gasteiger partial charge in [0.05, 0.1) is 5.60 Å². The van der Waals surface area contributed by atoms with Crippen molar-refractivity contribution >= 4 is 5.91 Å². The second-order valence-electron chi connectivity index (χ2n) is 7.04. The van der Waals surface area contributed by atoms with Gasteiger partial charge in [0.1, 0.15) is 6.10 Å². The Balaban J connectivity index is 1.75. The van der Waals surface area contributed by atoms with E-state index in [0.717, 1.165) is 45.3 Å². The molecule has 0 bridgehead atoms. The smallest absolute Gasteiger partial charge is 0.249 e. The summed E-state index contributed by atoms with van der Waals surface area (Å²) in [7, 11) is 0. The number of hydrogen-bond donors (Lipinski definition) is 1. The van der Waals surface area contributed by atoms with E-state index in [2.05, 4.69) is 19.2 Å². The molecule has 2 heterocycles. The van der Waals surface area contributed by atoms with Crippen molar-refractivity contribution in [1.29, 1.82) is 0 Å². The number of carbonyl (C=O) groups is 1. The first-order valence-electron chi connectivity index (χ1n) is 8.64. The van der Waals surface area contributed by atoms with Crippen LogP contribution in [0.15, 0.2) is 0 Å². The Morgan fingerprint density at radius 2 is 2.00 bits per heavy atom. The minimum Gasteiger partial charge on any atom is -0.381 e. The molecule has 2 saturated heterocycles. The zero-order chi connectivity index (χ0) is 16.0. The molecule has 0 saturated carbocycles. The lowest BCUT2D eigenvalue weighted by atomic mass is 9.84. The Hall–Kier alpha value is -0.650. The van der Waals surface area contributed by atoms with Gasteiger partial charge in [-0.1, -0.05) is 13.8 Å². The van der Waals surface area contributed by atoms with Crippen LogP contribution in [0.4, 0.5) is 0 Å². The van der Waals surface area contributed by atoms with Gasteiger partial charge in [0, 0.05) is 32.5 Å². The van der Waals surface area contributed by atoms with Gasteiger partial charge < -0.3 is 19.5 Å². The van der Waals surface area contributed by atoms with Crippen LogP contribution in [-0.2, 0) is 19.0 Å². The number of hydrogen-bond acceptors (Lipinski definition) is 4. The van der Waals surface area contributed by atoms with Gasteiger partial charge >= 0.3 is 0 Å². The first kappa shape index (κ1) is 17.7. The van der Waals surface area contributed by atoms with Crippen molar-refractivity contribution in [3.63, 3.8) is 0 Å². The maximum absolute atomic E-state index is 12.3. The Kier molecular flexibility index (Phi) is 6.66. The lowest BCUT2D eigenvalue weighted by Gasteiger charge is -2.43. The molecule has 2 aliphatic rings. The highest BCUT2D eigenvalue weighted by Crippen LogP contribution is 2.34. The van der Waals surface area contributed by atoms with Gasteiger partial charge in [-0.25, -0.2) is 0 Å². The van der Waals surface area contributed by atoms with E-state index < -0.39 is 0 Å². The molecule has 1 amide bonds. The van der Waals surface area contributed by atoms with Crippen molar-refractivity contribution in [3.05, 3.63) is 0 Å². The molecular weight excluding hydrogens is 282 g/mol. The number of nitrogens with one attached hydrogen (secondary N) is 1. The largest absolute Gasteiger partial charge is 0.381 e. The van der Waals surface area contributed by atoms with Crippen molar-refractivity contribution in [2.75, 3.05) is 26.4 Å². The van der Waals surface area contributed by atoms with Crippen molar-refractivity contribution in [2.24, 2.45) is 5.92 Å². The van der Waals surface area contributed by atoms with Crippen molar-refractivity contribution in [1.82, 2.24) is 5.32 Å². The first-order chi connectivity index (χ1) is 10.5. The third kappa shape index (κ3) is 5.21. The van der Waals surface area contributed by atoms with Gasteiger partial charge in [-0.15, -0.1) is 0 Å². The maximum atomic E-state index is 12.3. The Morgan fingerprint density at radius 3 is 2.68 bits per heavy atom. The van der Waals surface area contributed by atoms with E-state index in [1.54, 1.807) is 0 Å². The van der Waals surface area contributed by atoms with Crippen LogP contribution >= 0.6 is 0 Å². The summed E-state index contributed by atoms with van der Waals surface area (Å²) in [6, 6.07) is 0.190. The Labute approximate surface area is 134 Å². The molecule has 128 valence electrons. The third-order valence-corrected chi connectivity index (χ3v) is 4.68. The maximum Gasteiger partial charge on any atom is 0.249 e. The lowest BCUT2D eigenvalue weighted by Crippen LogP contribution is -2.52. The third-order valence-electron chi connectivity index (χ3n) is 4.68. The molecule has 5 heteroatoms. The average molecular weight is 313 g/mol. The second-order valence-corrected chi connectivity index (χ2v) is 7.04. The molecule has 1 spiro atoms. The van der Waals surface area contributed by atoms with Gasteiger partial charge in [-0.2, -0.15) is 0 Å². The summed E-state index contributed by atoms with van der Waals surface area (Å²) >= 11 is 0. The van der Waals surface area contributed by atoms with Crippen LogP contribution in [0.1, 0.15) is 52.9 Å². The van der Waals surface area contributed by atoms with E-state index >= 15 is 0 Å². The van der Waals surface area contributed by atoms with Gasteiger partial charge in [0.15, 0.2) is 0 Å². The average Bonchev–Trinajstić information content (AvgIpc) is 2.47. The van der Waals surface area contributed by atoms with Crippen LogP contribution in [0, 0.1) is 5.92 Å². The fraction of sp³-hybridized carbons (Fsp3) is 0.941. The Morgan fingerprint density at radius 1 is 1.27 bits per heavy atom. The second kappa shape index (κ2) is 8.27. The number of amides is 1. The summed E-state index contributed by atoms with van der Waals surface area (Å²) in [5, 5.41) is 3.14. The van der Waals surface area contributed by atoms with Crippen molar-refractivity contribution in [2.45, 2.75) is 70.6 Å². The first-order valence-corrected chi connectivity index (χ1v) is 8.64. The van der Waals surface area contributed by atoms with E-state index in [1.807, 2.05) is 6.92 Å². The zero-order valence-corrected chi connectivity index (χ0v) is 14.2. The highest BCUT2D eigenvalue weighted by Gasteiger charge is 2.39. The minimum atomic E-state index is -0.382. The number of carbonyl (C=O) groups excluding carboxylic acids is 1. The molecule has 2 unspecified atom stereocenters. The van der Waals surface area contributed by atoms with Gasteiger partial charge in [-0.05, 0) is 44.9 Å². The molecule has 0 aliphatic carbocycles. The SMILES string of the molecule is CC(C)CCOC(C)C(=O)NC1CCOC2(CCOCC2)C1. The van der Waals surface area contributed by atoms with Crippen molar-refractivity contribution in [3.8, 4) is 0 Å². The van der Waals surface area contributed by atoms with Crippen molar-refractivity contribution < 1.29 is 19.0 Å². The number of ether oxygens (including phenoxy) is 3. The summed E-state index contributed by atoms with van der Waals surface area (Å²) in [5.41, 5.74) is -0.0871. The standard InChI is InChI=1S/C17H31NO4/c1-13(2)4-8-21-14(3)16(19)18-15-5-9-22-17(12-15)6-10-20-11-7-17/h13-15H,4-12H2,1-3H3,(H,18,19). The highest BCUT2D eigenvalue weighted by atomic mass is 16.5. The summed E-state index contributed by atoms with van der Waals surface area (Å²) in [6.07, 6.45) is 4.23. The molecule has 1 N–H and O–H groups in total. The fourth-order valence-corrected chi connectivity index (χ4v) is 3.12. The van der Waals surface area contributed by atoms with E-state index in [-0.39, 0.29) is 23.7 Å². The molecule has 22 heavy (non-hydrogen) atoms. The predicted molar refractivity (Wildman–Crippen MR) is 84.8 cm³/mol. The molecule has 5 nitrogen and oxygen atoms in total. The molecule has 2 atom stereocenters. The topological polar surface area (TPSA) is 56.8 Å². The molecule has 0 radical (unpaired) electrons. The molecule has 2 rings (SSSR count). The monoisotopic (exact) mass is 313 g/mol. The van der Waals surface area contributed by atoms with Crippen LogP contribution in [0.3, 0.4) is 0 Å². The summed E-state index contributed by atoms with van der Waals surface area (Å²) in [5.74, 6) is 0.594. The minimum absolute atomic E-state index is 0.00198. The van der Waals surface area contributed by atoms with Crippen LogP contribution in [0.2, 0.25) is 0 Å². The van der Waals surface area contributed by atoms with Crippen LogP contribution in [0.5, 0.6) is 0 Å². The van der Waals surface area contributed by atoms with E-state index in [9.17, 15) is 4.79 Å². The summed E-state index contributed by atoms with van der Waals surface area (Å²) in [6.45, 7) is 9.02. The molecule has 0 aromatic heterocycles. The van der Waals surface area contributed by atoms with Crippen LogP contribution in [0.25, 0.3) is 0 Å². The van der Waals surface area contributed by atoms with Crippen LogP contribution in [-0.4, -0.2) is 50.1 Å². The van der Waals surface area contributed by atoms with Gasteiger partial charge in [0.25, 0.3) is 0 Å². The van der Waals surface area contributed by atoms with E-state index in [0.29, 0.717) is 19.1 Å². The molecular formula is C17H31NO4. The summed E-state index contributed by atoms with van der Waals surface area (Å²) in [4.78, 5) is 12.3. The summed E-state index contributed by atoms with van der Waals surface area (Å²) < 4.78 is 17.1. The Bertz CT molecular complexity index is 347. The van der Waals surface area contributed by atoms with Gasteiger partial charge in [0.2, 0.25) is 5.91 Å². The molecule has 0 aromatic carbocycles. The molecule has 0 aromatic rings. The molecule has 2 fully saturated rings. The lowest BCUT2D eigenvalue weighted by molar-refractivity contribution is -0.147. The van der Waals surface area contributed by atoms with Gasteiger partial charge in [-0.3, -0.25) is 4.79 Å². The normalized spacial score (nSPS) is 26.1. The zero-order valence-electron chi connectivity index (χ0n) is 14.2. The van der Waals surface area contributed by atoms with E-state index in [4.69, 9.17) is 14.2 Å². The highest BCUT2D eigenvalue weighted by molar-refractivity contribution is 5.80. The van der Waals surface area contributed by atoms with E-state index in [1.165, 1.54) is 0 Å². The predicted octanol–water partition coefficient (Wildman–Crippen LogP) is 2.28. The molecule has 2 aliphatic heterocycles. The van der Waals surface area contributed by atoms with Crippen LogP contribution < -0.4 is 5.32 Å². The fourth-order valence-electron chi connectivity index (χ4n) is 3.12.